The Bertz CT molecular complexity index is 500. The molecule has 0 saturated carbocycles. The molecular formula is C11H8BrF2NO3. The van der Waals surface area contributed by atoms with Gasteiger partial charge in [-0.3, -0.25) is 0 Å². The fourth-order valence-electron chi connectivity index (χ4n) is 1.20. The summed E-state index contributed by atoms with van der Waals surface area (Å²) in [7, 11) is 0. The molecule has 0 amide bonds. The van der Waals surface area contributed by atoms with E-state index in [1.165, 1.54) is 0 Å². The third-order valence-electron chi connectivity index (χ3n) is 1.90. The molecule has 7 heteroatoms. The van der Waals surface area contributed by atoms with Crippen molar-refractivity contribution >= 4 is 21.9 Å². The fraction of sp³-hybridized carbons (Fsp3) is 0.273. The SMILES string of the molecule is CCOC(=O)c1cc(C#N)c(Br)cc1OC(F)F. The third kappa shape index (κ3) is 3.40. The van der Waals surface area contributed by atoms with Crippen molar-refractivity contribution in [3.05, 3.63) is 27.7 Å². The monoisotopic (exact) mass is 319 g/mol. The van der Waals surface area contributed by atoms with E-state index in [1.807, 2.05) is 6.07 Å². The average Bonchev–Trinajstić information content (AvgIpc) is 2.28. The molecule has 0 fully saturated rings. The van der Waals surface area contributed by atoms with E-state index in [9.17, 15) is 13.6 Å². The van der Waals surface area contributed by atoms with Gasteiger partial charge in [0.05, 0.1) is 12.2 Å². The number of carbonyl (C=O) groups excluding carboxylic acids is 1. The lowest BCUT2D eigenvalue weighted by molar-refractivity contribution is -0.0504. The van der Waals surface area contributed by atoms with Crippen LogP contribution in [0.4, 0.5) is 8.78 Å². The molecule has 4 nitrogen and oxygen atoms in total. The van der Waals surface area contributed by atoms with Crippen molar-refractivity contribution in [2.45, 2.75) is 13.5 Å². The molecule has 0 N–H and O–H groups in total. The zero-order valence-corrected chi connectivity index (χ0v) is 10.8. The van der Waals surface area contributed by atoms with Gasteiger partial charge in [-0.05, 0) is 35.0 Å². The number of halogens is 3. The second kappa shape index (κ2) is 6.31. The number of carbonyl (C=O) groups is 1. The van der Waals surface area contributed by atoms with Crippen molar-refractivity contribution in [2.24, 2.45) is 0 Å². The number of alkyl halides is 2. The predicted molar refractivity (Wildman–Crippen MR) is 61.4 cm³/mol. The summed E-state index contributed by atoms with van der Waals surface area (Å²) in [6.07, 6.45) is 0. The summed E-state index contributed by atoms with van der Waals surface area (Å²) in [5.41, 5.74) is -0.0865. The van der Waals surface area contributed by atoms with Gasteiger partial charge in [-0.15, -0.1) is 0 Å². The van der Waals surface area contributed by atoms with Crippen LogP contribution in [0.1, 0.15) is 22.8 Å². The molecule has 1 aromatic carbocycles. The van der Waals surface area contributed by atoms with E-state index < -0.39 is 12.6 Å². The molecule has 0 saturated heterocycles. The van der Waals surface area contributed by atoms with Crippen LogP contribution in [0.2, 0.25) is 0 Å². The topological polar surface area (TPSA) is 59.3 Å². The first-order chi connectivity index (χ1) is 8.49. The van der Waals surface area contributed by atoms with E-state index in [4.69, 9.17) is 10.00 Å². The molecule has 0 bridgehead atoms. The minimum Gasteiger partial charge on any atom is -0.462 e. The van der Waals surface area contributed by atoms with Gasteiger partial charge in [-0.25, -0.2) is 4.79 Å². The molecule has 0 aliphatic carbocycles. The Balaban J connectivity index is 3.26. The number of benzene rings is 1. The van der Waals surface area contributed by atoms with Gasteiger partial charge in [0, 0.05) is 4.47 Å². The number of esters is 1. The minimum absolute atomic E-state index is 0.0882. The van der Waals surface area contributed by atoms with Crippen molar-refractivity contribution in [1.29, 1.82) is 5.26 Å². The van der Waals surface area contributed by atoms with Crippen LogP contribution in [0.15, 0.2) is 16.6 Å². The van der Waals surface area contributed by atoms with E-state index >= 15 is 0 Å². The first-order valence-electron chi connectivity index (χ1n) is 4.85. The standard InChI is InChI=1S/C11H8BrF2NO3/c1-2-17-10(16)7-3-6(5-15)8(12)4-9(7)18-11(13)14/h3-4,11H,2H2,1H3. The zero-order chi connectivity index (χ0) is 13.7. The molecule has 0 heterocycles. The summed E-state index contributed by atoms with van der Waals surface area (Å²) in [5.74, 6) is -1.16. The summed E-state index contributed by atoms with van der Waals surface area (Å²) < 4.78 is 33.6. The van der Waals surface area contributed by atoms with Crippen molar-refractivity contribution < 1.29 is 23.0 Å². The normalized spacial score (nSPS) is 10.0. The highest BCUT2D eigenvalue weighted by Crippen LogP contribution is 2.29. The highest BCUT2D eigenvalue weighted by molar-refractivity contribution is 9.10. The molecule has 96 valence electrons. The molecule has 0 aromatic heterocycles. The van der Waals surface area contributed by atoms with Crippen LogP contribution in [-0.4, -0.2) is 19.2 Å². The lowest BCUT2D eigenvalue weighted by Crippen LogP contribution is -2.11. The van der Waals surface area contributed by atoms with Crippen LogP contribution in [0.25, 0.3) is 0 Å². The lowest BCUT2D eigenvalue weighted by Gasteiger charge is -2.11. The summed E-state index contributed by atoms with van der Waals surface area (Å²) in [6.45, 7) is -1.40. The molecule has 0 unspecified atom stereocenters. The van der Waals surface area contributed by atoms with Gasteiger partial charge >= 0.3 is 12.6 Å². The molecule has 1 rings (SSSR count). The molecule has 0 aliphatic heterocycles. The molecule has 18 heavy (non-hydrogen) atoms. The number of rotatable bonds is 4. The number of hydrogen-bond acceptors (Lipinski definition) is 4. The Labute approximate surface area is 110 Å². The van der Waals surface area contributed by atoms with Crippen molar-refractivity contribution in [3.8, 4) is 11.8 Å². The third-order valence-corrected chi connectivity index (χ3v) is 2.56. The van der Waals surface area contributed by atoms with Crippen molar-refractivity contribution in [2.75, 3.05) is 6.61 Å². The highest BCUT2D eigenvalue weighted by atomic mass is 79.9. The Kier molecular flexibility index (Phi) is 5.04. The summed E-state index contributed by atoms with van der Waals surface area (Å²) in [4.78, 5) is 11.6. The van der Waals surface area contributed by atoms with Crippen LogP contribution >= 0.6 is 15.9 Å². The zero-order valence-electron chi connectivity index (χ0n) is 9.25. The van der Waals surface area contributed by atoms with Crippen LogP contribution in [0, 0.1) is 11.3 Å². The first kappa shape index (κ1) is 14.4. The second-order valence-corrected chi connectivity index (χ2v) is 3.89. The number of hydrogen-bond donors (Lipinski definition) is 0. The Hall–Kier alpha value is -1.68. The Morgan fingerprint density at radius 3 is 2.72 bits per heavy atom. The fourth-order valence-corrected chi connectivity index (χ4v) is 1.61. The largest absolute Gasteiger partial charge is 0.462 e. The first-order valence-corrected chi connectivity index (χ1v) is 5.64. The number of nitriles is 1. The van der Waals surface area contributed by atoms with Crippen LogP contribution in [0.3, 0.4) is 0 Å². The molecule has 0 spiro atoms. The highest BCUT2D eigenvalue weighted by Gasteiger charge is 2.19. The maximum Gasteiger partial charge on any atom is 0.387 e. The summed E-state index contributed by atoms with van der Waals surface area (Å²) >= 11 is 3.02. The van der Waals surface area contributed by atoms with Crippen LogP contribution in [-0.2, 0) is 4.74 Å². The molecule has 1 aromatic rings. The van der Waals surface area contributed by atoms with E-state index in [2.05, 4.69) is 20.7 Å². The maximum atomic E-state index is 12.2. The van der Waals surface area contributed by atoms with Crippen LogP contribution in [0.5, 0.6) is 5.75 Å². The van der Waals surface area contributed by atoms with Gasteiger partial charge in [0.25, 0.3) is 0 Å². The smallest absolute Gasteiger partial charge is 0.387 e. The van der Waals surface area contributed by atoms with Crippen molar-refractivity contribution in [3.63, 3.8) is 0 Å². The number of ether oxygens (including phenoxy) is 2. The van der Waals surface area contributed by atoms with Crippen molar-refractivity contribution in [1.82, 2.24) is 0 Å². The van der Waals surface area contributed by atoms with Crippen LogP contribution < -0.4 is 4.74 Å². The molecule has 0 atom stereocenters. The molecule has 0 radical (unpaired) electrons. The van der Waals surface area contributed by atoms with E-state index in [-0.39, 0.29) is 28.0 Å². The van der Waals surface area contributed by atoms with Gasteiger partial charge in [0.2, 0.25) is 0 Å². The summed E-state index contributed by atoms with van der Waals surface area (Å²) in [5, 5.41) is 8.81. The van der Waals surface area contributed by atoms with E-state index in [1.54, 1.807) is 6.92 Å². The van der Waals surface area contributed by atoms with Gasteiger partial charge < -0.3 is 9.47 Å². The Morgan fingerprint density at radius 1 is 1.56 bits per heavy atom. The lowest BCUT2D eigenvalue weighted by atomic mass is 10.1. The number of nitrogens with zero attached hydrogens (tertiary/aromatic N) is 1. The quantitative estimate of drug-likeness (QED) is 0.800. The second-order valence-electron chi connectivity index (χ2n) is 3.04. The molecule has 0 aliphatic rings. The summed E-state index contributed by atoms with van der Waals surface area (Å²) in [6, 6.07) is 4.09. The van der Waals surface area contributed by atoms with Gasteiger partial charge in [-0.1, -0.05) is 0 Å². The predicted octanol–water partition coefficient (Wildman–Crippen LogP) is 3.10. The molecular weight excluding hydrogens is 312 g/mol. The van der Waals surface area contributed by atoms with E-state index in [0.717, 1.165) is 12.1 Å². The van der Waals surface area contributed by atoms with Gasteiger partial charge in [-0.2, -0.15) is 14.0 Å². The maximum absolute atomic E-state index is 12.2. The minimum atomic E-state index is -3.07. The van der Waals surface area contributed by atoms with Gasteiger partial charge in [0.15, 0.2) is 0 Å². The Morgan fingerprint density at radius 2 is 2.22 bits per heavy atom. The van der Waals surface area contributed by atoms with E-state index in [0.29, 0.717) is 0 Å². The average molecular weight is 320 g/mol. The van der Waals surface area contributed by atoms with Gasteiger partial charge in [0.1, 0.15) is 17.4 Å².